The minimum atomic E-state index is -1.22. The van der Waals surface area contributed by atoms with Crippen LogP contribution in [0.25, 0.3) is 0 Å². The lowest BCUT2D eigenvalue weighted by atomic mass is 10.0. The molecular formula is C10H8FO3-. The third-order valence-corrected chi connectivity index (χ3v) is 2.23. The van der Waals surface area contributed by atoms with Gasteiger partial charge < -0.3 is 14.6 Å². The molecule has 4 heteroatoms. The van der Waals surface area contributed by atoms with Crippen molar-refractivity contribution in [2.24, 2.45) is 0 Å². The number of carbonyl (C=O) groups is 1. The molecule has 1 atom stereocenters. The molecule has 1 heterocycles. The fraction of sp³-hybridized carbons (Fsp3) is 0.300. The summed E-state index contributed by atoms with van der Waals surface area (Å²) in [5.41, 5.74) is 0.711. The molecule has 0 saturated heterocycles. The number of carboxylic acids is 1. The molecule has 74 valence electrons. The van der Waals surface area contributed by atoms with Gasteiger partial charge in [-0.2, -0.15) is 0 Å². The van der Waals surface area contributed by atoms with E-state index in [1.807, 2.05) is 0 Å². The lowest BCUT2D eigenvalue weighted by molar-refractivity contribution is -0.314. The van der Waals surface area contributed by atoms with Gasteiger partial charge in [-0.15, -0.1) is 0 Å². The average molecular weight is 195 g/mol. The molecule has 1 aliphatic heterocycles. The van der Waals surface area contributed by atoms with E-state index in [4.69, 9.17) is 4.74 Å². The van der Waals surface area contributed by atoms with Gasteiger partial charge in [0.15, 0.2) is 0 Å². The van der Waals surface area contributed by atoms with Crippen molar-refractivity contribution < 1.29 is 19.0 Å². The number of carboxylic acid groups (broad SMARTS) is 1. The zero-order chi connectivity index (χ0) is 10.1. The second kappa shape index (κ2) is 3.29. The second-order valence-corrected chi connectivity index (χ2v) is 3.22. The number of benzene rings is 1. The Labute approximate surface area is 80.1 Å². The number of hydrogen-bond acceptors (Lipinski definition) is 3. The van der Waals surface area contributed by atoms with Crippen molar-refractivity contribution in [2.45, 2.75) is 18.9 Å². The van der Waals surface area contributed by atoms with Crippen LogP contribution < -0.4 is 9.84 Å². The molecule has 0 aromatic heterocycles. The van der Waals surface area contributed by atoms with Crippen LogP contribution in [0.15, 0.2) is 18.2 Å². The average Bonchev–Trinajstić information content (AvgIpc) is 2.16. The first kappa shape index (κ1) is 8.99. The van der Waals surface area contributed by atoms with Crippen LogP contribution in [0, 0.1) is 5.82 Å². The van der Waals surface area contributed by atoms with Crippen molar-refractivity contribution in [1.29, 1.82) is 0 Å². The van der Waals surface area contributed by atoms with Gasteiger partial charge in [0.05, 0.1) is 5.97 Å². The second-order valence-electron chi connectivity index (χ2n) is 3.22. The van der Waals surface area contributed by atoms with Crippen LogP contribution >= 0.6 is 0 Å². The standard InChI is InChI=1S/C10H9FO3/c11-7-2-4-8-6(5-7)1-3-9(14-8)10(12)13/h2,4-5,9H,1,3H2,(H,12,13)/p-1/t9-/m0/s1. The summed E-state index contributed by atoms with van der Waals surface area (Å²) in [7, 11) is 0. The first-order chi connectivity index (χ1) is 6.66. The number of hydrogen-bond donors (Lipinski definition) is 0. The number of aliphatic carboxylic acids is 1. The Morgan fingerprint density at radius 1 is 1.57 bits per heavy atom. The predicted octanol–water partition coefficient (Wildman–Crippen LogP) is 0.269. The van der Waals surface area contributed by atoms with E-state index in [1.54, 1.807) is 0 Å². The largest absolute Gasteiger partial charge is 0.546 e. The van der Waals surface area contributed by atoms with Crippen molar-refractivity contribution in [1.82, 2.24) is 0 Å². The van der Waals surface area contributed by atoms with Crippen LogP contribution in [0.4, 0.5) is 4.39 Å². The quantitative estimate of drug-likeness (QED) is 0.646. The van der Waals surface area contributed by atoms with Gasteiger partial charge in [-0.05, 0) is 36.6 Å². The van der Waals surface area contributed by atoms with Crippen molar-refractivity contribution in [3.63, 3.8) is 0 Å². The van der Waals surface area contributed by atoms with E-state index in [2.05, 4.69) is 0 Å². The van der Waals surface area contributed by atoms with Crippen LogP contribution in [0.3, 0.4) is 0 Å². The number of aryl methyl sites for hydroxylation is 1. The van der Waals surface area contributed by atoms with Gasteiger partial charge in [-0.1, -0.05) is 0 Å². The summed E-state index contributed by atoms with van der Waals surface area (Å²) >= 11 is 0. The predicted molar refractivity (Wildman–Crippen MR) is 44.1 cm³/mol. The maximum Gasteiger partial charge on any atom is 0.138 e. The van der Waals surface area contributed by atoms with Crippen LogP contribution in [0.1, 0.15) is 12.0 Å². The lowest BCUT2D eigenvalue weighted by Gasteiger charge is -2.26. The maximum absolute atomic E-state index is 12.8. The molecule has 14 heavy (non-hydrogen) atoms. The third-order valence-electron chi connectivity index (χ3n) is 2.23. The first-order valence-electron chi connectivity index (χ1n) is 4.33. The Morgan fingerprint density at radius 3 is 3.07 bits per heavy atom. The minimum absolute atomic E-state index is 0.332. The molecule has 1 aromatic rings. The minimum Gasteiger partial charge on any atom is -0.546 e. The molecule has 0 bridgehead atoms. The van der Waals surface area contributed by atoms with E-state index in [0.29, 0.717) is 24.2 Å². The summed E-state index contributed by atoms with van der Waals surface area (Å²) in [4.78, 5) is 10.5. The Balaban J connectivity index is 2.27. The van der Waals surface area contributed by atoms with Crippen LogP contribution in [0.2, 0.25) is 0 Å². The summed E-state index contributed by atoms with van der Waals surface area (Å²) in [6.07, 6.45) is -0.0715. The maximum atomic E-state index is 12.8. The van der Waals surface area contributed by atoms with Gasteiger partial charge in [0.2, 0.25) is 0 Å². The molecule has 0 radical (unpaired) electrons. The molecule has 0 spiro atoms. The normalized spacial score (nSPS) is 19.6. The zero-order valence-electron chi connectivity index (χ0n) is 7.33. The van der Waals surface area contributed by atoms with E-state index in [9.17, 15) is 14.3 Å². The molecule has 0 saturated carbocycles. The summed E-state index contributed by atoms with van der Waals surface area (Å²) in [6, 6.07) is 4.05. The Hall–Kier alpha value is -1.58. The third kappa shape index (κ3) is 1.55. The number of ether oxygens (including phenoxy) is 1. The Morgan fingerprint density at radius 2 is 2.36 bits per heavy atom. The first-order valence-corrected chi connectivity index (χ1v) is 4.33. The van der Waals surface area contributed by atoms with Gasteiger partial charge in [0, 0.05) is 0 Å². The topological polar surface area (TPSA) is 49.4 Å². The van der Waals surface area contributed by atoms with E-state index in [-0.39, 0.29) is 5.82 Å². The molecule has 0 amide bonds. The fourth-order valence-corrected chi connectivity index (χ4v) is 1.52. The summed E-state index contributed by atoms with van der Waals surface area (Å²) in [5.74, 6) is -1.12. The highest BCUT2D eigenvalue weighted by atomic mass is 19.1. The van der Waals surface area contributed by atoms with Gasteiger partial charge in [-0.3, -0.25) is 0 Å². The van der Waals surface area contributed by atoms with Gasteiger partial charge >= 0.3 is 0 Å². The van der Waals surface area contributed by atoms with E-state index in [1.165, 1.54) is 18.2 Å². The van der Waals surface area contributed by atoms with Gasteiger partial charge in [0.1, 0.15) is 17.7 Å². The summed E-state index contributed by atoms with van der Waals surface area (Å²) < 4.78 is 17.9. The van der Waals surface area contributed by atoms with E-state index < -0.39 is 12.1 Å². The molecule has 0 N–H and O–H groups in total. The molecule has 1 aromatic carbocycles. The molecule has 0 fully saturated rings. The summed E-state index contributed by atoms with van der Waals surface area (Å²) in [5, 5.41) is 10.5. The van der Waals surface area contributed by atoms with Crippen LogP contribution in [-0.4, -0.2) is 12.1 Å². The van der Waals surface area contributed by atoms with Crippen molar-refractivity contribution in [3.05, 3.63) is 29.6 Å². The number of fused-ring (bicyclic) bond motifs is 1. The van der Waals surface area contributed by atoms with Crippen molar-refractivity contribution in [2.75, 3.05) is 0 Å². The summed E-state index contributed by atoms with van der Waals surface area (Å²) in [6.45, 7) is 0. The van der Waals surface area contributed by atoms with Crippen LogP contribution in [-0.2, 0) is 11.2 Å². The highest BCUT2D eigenvalue weighted by Gasteiger charge is 2.20. The Kier molecular flexibility index (Phi) is 2.11. The number of halogens is 1. The number of rotatable bonds is 1. The molecule has 0 unspecified atom stereocenters. The van der Waals surface area contributed by atoms with Crippen LogP contribution in [0.5, 0.6) is 5.75 Å². The van der Waals surface area contributed by atoms with Gasteiger partial charge in [0.25, 0.3) is 0 Å². The lowest BCUT2D eigenvalue weighted by Crippen LogP contribution is -2.41. The molecule has 1 aliphatic rings. The highest BCUT2D eigenvalue weighted by molar-refractivity contribution is 5.71. The molecule has 3 nitrogen and oxygen atoms in total. The zero-order valence-corrected chi connectivity index (χ0v) is 7.33. The van der Waals surface area contributed by atoms with E-state index in [0.717, 1.165) is 0 Å². The van der Waals surface area contributed by atoms with Gasteiger partial charge in [-0.25, -0.2) is 4.39 Å². The van der Waals surface area contributed by atoms with E-state index >= 15 is 0 Å². The fourth-order valence-electron chi connectivity index (χ4n) is 1.52. The number of carbonyl (C=O) groups excluding carboxylic acids is 1. The Bertz CT molecular complexity index is 376. The molecule has 0 aliphatic carbocycles. The van der Waals surface area contributed by atoms with Crippen molar-refractivity contribution in [3.8, 4) is 5.75 Å². The smallest absolute Gasteiger partial charge is 0.138 e. The van der Waals surface area contributed by atoms with Crippen molar-refractivity contribution >= 4 is 5.97 Å². The molecular weight excluding hydrogens is 187 g/mol. The monoisotopic (exact) mass is 195 g/mol. The SMILES string of the molecule is O=C([O-])[C@@H]1CCc2cc(F)ccc2O1. The highest BCUT2D eigenvalue weighted by Crippen LogP contribution is 2.27. The molecule has 2 rings (SSSR count).